The fraction of sp³-hybridized carbons (Fsp3) is 0.657. The Morgan fingerprint density at radius 2 is 1.70 bits per heavy atom. The van der Waals surface area contributed by atoms with E-state index in [0.717, 1.165) is 11.1 Å². The van der Waals surface area contributed by atoms with Gasteiger partial charge in [0.25, 0.3) is 0 Å². The molecule has 0 bridgehead atoms. The molecule has 0 aliphatic carbocycles. The van der Waals surface area contributed by atoms with E-state index >= 15 is 0 Å². The van der Waals surface area contributed by atoms with Crippen molar-refractivity contribution in [2.24, 2.45) is 35.5 Å². The number of aliphatic hydroxyl groups excluding tert-OH is 3. The number of ether oxygens (including phenoxy) is 3. The second-order valence-electron chi connectivity index (χ2n) is 12.6. The van der Waals surface area contributed by atoms with Crippen molar-refractivity contribution in [3.8, 4) is 0 Å². The van der Waals surface area contributed by atoms with Crippen molar-refractivity contribution in [2.75, 3.05) is 14.2 Å². The summed E-state index contributed by atoms with van der Waals surface area (Å²) in [7, 11) is 2.86. The minimum atomic E-state index is -1.17. The van der Waals surface area contributed by atoms with Crippen molar-refractivity contribution in [2.45, 2.75) is 99.3 Å². The van der Waals surface area contributed by atoms with Crippen LogP contribution >= 0.6 is 0 Å². The molecule has 0 spiro atoms. The second-order valence-corrected chi connectivity index (χ2v) is 12.6. The molecule has 0 aromatic carbocycles. The number of carbonyl (C=O) groups is 2. The molecule has 244 valence electrons. The molecule has 0 aromatic rings. The lowest BCUT2D eigenvalue weighted by atomic mass is 9.84. The third-order valence-electron chi connectivity index (χ3n) is 8.40. The van der Waals surface area contributed by atoms with Gasteiger partial charge >= 0.3 is 5.97 Å². The average molecular weight is 605 g/mol. The number of allylic oxidation sites excluding steroid dienone is 6. The van der Waals surface area contributed by atoms with Gasteiger partial charge in [-0.1, -0.05) is 90.0 Å². The molecule has 43 heavy (non-hydrogen) atoms. The molecule has 0 amide bonds. The van der Waals surface area contributed by atoms with Crippen LogP contribution in [0, 0.1) is 35.5 Å². The van der Waals surface area contributed by atoms with Crippen LogP contribution in [0.25, 0.3) is 0 Å². The number of cyclic esters (lactones) is 1. The molecule has 10 atom stereocenters. The summed E-state index contributed by atoms with van der Waals surface area (Å²) >= 11 is 0. The number of hydrogen-bond donors (Lipinski definition) is 3. The van der Waals surface area contributed by atoms with Gasteiger partial charge < -0.3 is 29.5 Å². The van der Waals surface area contributed by atoms with Gasteiger partial charge in [0.05, 0.1) is 25.4 Å². The highest BCUT2D eigenvalue weighted by atomic mass is 16.6. The van der Waals surface area contributed by atoms with Gasteiger partial charge in [0.1, 0.15) is 12.2 Å². The molecule has 8 nitrogen and oxygen atoms in total. The summed E-state index contributed by atoms with van der Waals surface area (Å²) in [4.78, 5) is 26.4. The van der Waals surface area contributed by atoms with Crippen LogP contribution in [0.15, 0.2) is 59.4 Å². The first kappa shape index (κ1) is 38.5. The summed E-state index contributed by atoms with van der Waals surface area (Å²) in [6, 6.07) is 0. The number of ketones is 1. The van der Waals surface area contributed by atoms with Crippen LogP contribution in [-0.4, -0.2) is 71.8 Å². The Kier molecular flexibility index (Phi) is 16.4. The lowest BCUT2D eigenvalue weighted by Crippen LogP contribution is -2.45. The summed E-state index contributed by atoms with van der Waals surface area (Å²) < 4.78 is 17.0. The topological polar surface area (TPSA) is 123 Å². The molecule has 0 unspecified atom stereocenters. The predicted molar refractivity (Wildman–Crippen MR) is 170 cm³/mol. The number of rotatable bonds is 10. The normalized spacial score (nSPS) is 32.7. The SMILES string of the molecule is CO/C1=C/C(C)=C/[C@@H](C)[C@H](O)[C@H](C)C/C(C)=C/C=C/[C@@H](OC)[C@H]([C@H](C)[C@H](O)[C@@H](C)C(=O)/C=C/[C@H](C)[C@H](O)C(C)C)OC1=O. The first-order valence-electron chi connectivity index (χ1n) is 15.3. The fourth-order valence-electron chi connectivity index (χ4n) is 5.43. The lowest BCUT2D eigenvalue weighted by molar-refractivity contribution is -0.162. The van der Waals surface area contributed by atoms with Crippen molar-refractivity contribution >= 4 is 11.8 Å². The molecular weight excluding hydrogens is 548 g/mol. The van der Waals surface area contributed by atoms with Gasteiger partial charge in [-0.05, 0) is 44.3 Å². The molecule has 0 saturated heterocycles. The van der Waals surface area contributed by atoms with Gasteiger partial charge in [0.15, 0.2) is 5.78 Å². The van der Waals surface area contributed by atoms with Gasteiger partial charge in [0.2, 0.25) is 5.76 Å². The fourth-order valence-corrected chi connectivity index (χ4v) is 5.43. The first-order valence-corrected chi connectivity index (χ1v) is 15.3. The third-order valence-corrected chi connectivity index (χ3v) is 8.40. The average Bonchev–Trinajstić information content (AvgIpc) is 2.96. The van der Waals surface area contributed by atoms with Crippen LogP contribution < -0.4 is 0 Å². The van der Waals surface area contributed by atoms with Gasteiger partial charge in [0, 0.05) is 30.8 Å². The largest absolute Gasteiger partial charge is 0.490 e. The second kappa shape index (κ2) is 18.3. The highest BCUT2D eigenvalue weighted by Crippen LogP contribution is 2.27. The maximum Gasteiger partial charge on any atom is 0.373 e. The third kappa shape index (κ3) is 11.8. The summed E-state index contributed by atoms with van der Waals surface area (Å²) in [6.07, 6.45) is 8.65. The molecular formula is C35H56O8. The maximum atomic E-state index is 13.4. The van der Waals surface area contributed by atoms with Crippen LogP contribution in [0.2, 0.25) is 0 Å². The van der Waals surface area contributed by atoms with Crippen molar-refractivity contribution in [1.29, 1.82) is 0 Å². The monoisotopic (exact) mass is 604 g/mol. The quantitative estimate of drug-likeness (QED) is 0.226. The van der Waals surface area contributed by atoms with E-state index in [2.05, 4.69) is 0 Å². The maximum absolute atomic E-state index is 13.4. The summed E-state index contributed by atoms with van der Waals surface area (Å²) in [5.41, 5.74) is 1.78. The summed E-state index contributed by atoms with van der Waals surface area (Å²) in [6.45, 7) is 16.7. The van der Waals surface area contributed by atoms with Gasteiger partial charge in [-0.15, -0.1) is 0 Å². The number of esters is 1. The predicted octanol–water partition coefficient (Wildman–Crippen LogP) is 5.34. The molecule has 0 saturated carbocycles. The van der Waals surface area contributed by atoms with Crippen molar-refractivity contribution in [3.63, 3.8) is 0 Å². The smallest absolute Gasteiger partial charge is 0.373 e. The minimum absolute atomic E-state index is 0.00159. The number of hydrogen-bond acceptors (Lipinski definition) is 8. The molecule has 8 heteroatoms. The van der Waals surface area contributed by atoms with E-state index < -0.39 is 48.3 Å². The van der Waals surface area contributed by atoms with E-state index in [4.69, 9.17) is 14.2 Å². The number of carbonyl (C=O) groups excluding carboxylic acids is 2. The van der Waals surface area contributed by atoms with E-state index in [0.29, 0.717) is 6.42 Å². The van der Waals surface area contributed by atoms with Gasteiger partial charge in [-0.2, -0.15) is 0 Å². The van der Waals surface area contributed by atoms with Crippen molar-refractivity contribution in [1.82, 2.24) is 0 Å². The van der Waals surface area contributed by atoms with E-state index in [1.807, 2.05) is 66.7 Å². The van der Waals surface area contributed by atoms with Crippen molar-refractivity contribution < 1.29 is 39.1 Å². The molecule has 0 radical (unpaired) electrons. The lowest BCUT2D eigenvalue weighted by Gasteiger charge is -2.33. The van der Waals surface area contributed by atoms with Crippen LogP contribution in [0.3, 0.4) is 0 Å². The van der Waals surface area contributed by atoms with E-state index in [9.17, 15) is 24.9 Å². The Balaban J connectivity index is 3.46. The van der Waals surface area contributed by atoms with Crippen LogP contribution in [0.5, 0.6) is 0 Å². The van der Waals surface area contributed by atoms with Crippen molar-refractivity contribution in [3.05, 3.63) is 59.4 Å². The Bertz CT molecular complexity index is 1050. The van der Waals surface area contributed by atoms with Gasteiger partial charge in [-0.3, -0.25) is 4.79 Å². The molecule has 1 aliphatic heterocycles. The molecule has 0 aromatic heterocycles. The molecule has 1 aliphatic rings. The zero-order valence-corrected chi connectivity index (χ0v) is 28.0. The number of methoxy groups -OCH3 is 2. The minimum Gasteiger partial charge on any atom is -0.490 e. The first-order chi connectivity index (χ1) is 20.0. The standard InChI is InChI=1S/C35H56O8/c1-20(2)31(37)23(5)15-16-28(36)26(8)33(39)27(9)34-29(41-10)14-12-13-21(3)17-24(6)32(38)25(7)18-22(4)19-30(42-11)35(40)43-34/h12-16,18-20,23-27,29,31-34,37-39H,17H2,1-11H3/b14-12+,16-15+,21-13+,22-18+,30-19+/t23-,24+,25+,26-,27+,29+,31+,32+,33+,34-/m0/s1. The number of aliphatic hydroxyl groups is 3. The molecule has 0 fully saturated rings. The van der Waals surface area contributed by atoms with Crippen LogP contribution in [-0.2, 0) is 23.8 Å². The summed E-state index contributed by atoms with van der Waals surface area (Å²) in [5.74, 6) is -2.96. The van der Waals surface area contributed by atoms with E-state index in [-0.39, 0.29) is 35.2 Å². The Morgan fingerprint density at radius 3 is 2.26 bits per heavy atom. The van der Waals surface area contributed by atoms with Gasteiger partial charge in [-0.25, -0.2) is 4.79 Å². The molecule has 1 heterocycles. The van der Waals surface area contributed by atoms with E-state index in [1.54, 1.807) is 32.1 Å². The molecule has 1 rings (SSSR count). The van der Waals surface area contributed by atoms with Crippen LogP contribution in [0.1, 0.15) is 68.7 Å². The highest BCUT2D eigenvalue weighted by molar-refractivity contribution is 5.92. The molecule has 3 N–H and O–H groups in total. The Labute approximate surface area is 259 Å². The zero-order valence-electron chi connectivity index (χ0n) is 28.0. The Morgan fingerprint density at radius 1 is 1.07 bits per heavy atom. The van der Waals surface area contributed by atoms with E-state index in [1.165, 1.54) is 20.3 Å². The van der Waals surface area contributed by atoms with Crippen LogP contribution in [0.4, 0.5) is 0 Å². The summed E-state index contributed by atoms with van der Waals surface area (Å²) in [5, 5.41) is 32.5. The zero-order chi connectivity index (χ0) is 33.0. The highest BCUT2D eigenvalue weighted by Gasteiger charge is 2.38. The Hall–Kier alpha value is -2.52.